The van der Waals surface area contributed by atoms with Crippen LogP contribution in [-0.4, -0.2) is 39.7 Å². The van der Waals surface area contributed by atoms with E-state index in [1.807, 2.05) is 24.3 Å². The third kappa shape index (κ3) is 5.59. The summed E-state index contributed by atoms with van der Waals surface area (Å²) in [6.45, 7) is 0. The SMILES string of the molecule is C1=Cc2nc1c(-c1ccccc1)c1ccc([nH]1)c(-c1ccccc1)c1nc(c(-c3ccccc3)c3ccc([nH]3)c2-c2ccccc2)C=C1.[GaH3]. The normalized spacial score (nSPS) is 11.8. The molecule has 0 atom stereocenters. The Morgan fingerprint density at radius 2 is 0.510 bits per heavy atom. The van der Waals surface area contributed by atoms with Crippen LogP contribution in [0.15, 0.2) is 146 Å². The molecule has 8 bridgehead atoms. The zero-order chi connectivity index (χ0) is 31.9. The minimum absolute atomic E-state index is 0. The molecule has 0 saturated heterocycles. The van der Waals surface area contributed by atoms with Crippen LogP contribution in [0.4, 0.5) is 0 Å². The van der Waals surface area contributed by atoms with Gasteiger partial charge < -0.3 is 9.97 Å². The van der Waals surface area contributed by atoms with Crippen molar-refractivity contribution in [1.29, 1.82) is 0 Å². The molecule has 5 heteroatoms. The van der Waals surface area contributed by atoms with Crippen molar-refractivity contribution in [3.8, 4) is 44.5 Å². The van der Waals surface area contributed by atoms with Crippen LogP contribution in [-0.2, 0) is 0 Å². The zero-order valence-electron chi connectivity index (χ0n) is 26.1. The first-order chi connectivity index (χ1) is 23.8. The molecule has 4 nitrogen and oxygen atoms in total. The number of benzene rings is 4. The van der Waals surface area contributed by atoms with Crippen molar-refractivity contribution in [3.05, 3.63) is 168 Å². The Kier molecular flexibility index (Phi) is 8.05. The summed E-state index contributed by atoms with van der Waals surface area (Å²) in [4.78, 5) is 18.3. The van der Waals surface area contributed by atoms with Crippen molar-refractivity contribution in [2.75, 3.05) is 0 Å². The number of hydrogen-bond acceptors (Lipinski definition) is 2. The number of nitrogens with one attached hydrogen (secondary N) is 2. The molecule has 0 saturated carbocycles. The van der Waals surface area contributed by atoms with Crippen LogP contribution < -0.4 is 0 Å². The van der Waals surface area contributed by atoms with Gasteiger partial charge in [-0.05, 0) is 70.8 Å². The van der Waals surface area contributed by atoms with E-state index in [9.17, 15) is 0 Å². The quantitative estimate of drug-likeness (QED) is 0.181. The third-order valence-electron chi connectivity index (χ3n) is 9.00. The topological polar surface area (TPSA) is 57.4 Å². The predicted octanol–water partition coefficient (Wildman–Crippen LogP) is 10.1. The average molecular weight is 687 g/mol. The molecule has 232 valence electrons. The first kappa shape index (κ1) is 30.4. The molecule has 0 radical (unpaired) electrons. The van der Waals surface area contributed by atoms with Gasteiger partial charge in [-0.3, -0.25) is 0 Å². The summed E-state index contributed by atoms with van der Waals surface area (Å²) in [5.74, 6) is 0. The van der Waals surface area contributed by atoms with E-state index in [-0.39, 0.29) is 19.8 Å². The fourth-order valence-electron chi connectivity index (χ4n) is 6.84. The molecule has 2 aliphatic rings. The summed E-state index contributed by atoms with van der Waals surface area (Å²) < 4.78 is 0. The summed E-state index contributed by atoms with van der Waals surface area (Å²) >= 11 is 0. The van der Waals surface area contributed by atoms with Crippen molar-refractivity contribution >= 4 is 66.2 Å². The Morgan fingerprint density at radius 3 is 0.735 bits per heavy atom. The van der Waals surface area contributed by atoms with E-state index in [1.165, 1.54) is 0 Å². The second kappa shape index (κ2) is 13.0. The summed E-state index contributed by atoms with van der Waals surface area (Å²) in [7, 11) is 0. The van der Waals surface area contributed by atoms with E-state index in [4.69, 9.17) is 9.97 Å². The number of rotatable bonds is 4. The number of hydrogen-bond donors (Lipinski definition) is 2. The van der Waals surface area contributed by atoms with Crippen LogP contribution in [0.5, 0.6) is 0 Å². The summed E-state index contributed by atoms with van der Waals surface area (Å²) in [6.07, 6.45) is 8.54. The molecule has 9 rings (SSSR count). The maximum absolute atomic E-state index is 5.35. The van der Waals surface area contributed by atoms with Gasteiger partial charge in [-0.25, -0.2) is 9.97 Å². The summed E-state index contributed by atoms with van der Waals surface area (Å²) in [6, 6.07) is 50.7. The molecule has 0 amide bonds. The van der Waals surface area contributed by atoms with Crippen molar-refractivity contribution in [3.63, 3.8) is 0 Å². The zero-order valence-corrected chi connectivity index (χ0v) is 26.1. The van der Waals surface area contributed by atoms with Crippen LogP contribution in [0.3, 0.4) is 0 Å². The van der Waals surface area contributed by atoms with Crippen LogP contribution in [0.1, 0.15) is 22.8 Å². The molecule has 0 unspecified atom stereocenters. The Bertz CT molecular complexity index is 2180. The predicted molar refractivity (Wildman–Crippen MR) is 211 cm³/mol. The van der Waals surface area contributed by atoms with E-state index in [2.05, 4.69) is 156 Å². The molecule has 2 aliphatic heterocycles. The van der Waals surface area contributed by atoms with E-state index >= 15 is 0 Å². The van der Waals surface area contributed by atoms with Crippen LogP contribution in [0, 0.1) is 0 Å². The Morgan fingerprint density at radius 1 is 0.286 bits per heavy atom. The van der Waals surface area contributed by atoms with Crippen molar-refractivity contribution < 1.29 is 0 Å². The molecule has 0 spiro atoms. The van der Waals surface area contributed by atoms with E-state index in [0.29, 0.717) is 0 Å². The Balaban J connectivity index is 0.00000348. The molecular formula is C44H33GaN4. The standard InChI is InChI=1S/C44H30N4.Ga.3H/c1-5-13-29(14-6-1)41-33-21-23-35(45-33)42(30-15-7-2-8-16-30)37-25-27-39(47-37)44(32-19-11-4-12-20-32)40-28-26-38(48-40)43(31-17-9-3-10-18-31)36-24-22-34(41)46-36;;;;/h1-28,45,48H;;;;. The molecule has 4 aromatic carbocycles. The fraction of sp³-hybridized carbons (Fsp3) is 0. The van der Waals surface area contributed by atoms with Crippen molar-refractivity contribution in [1.82, 2.24) is 19.9 Å². The van der Waals surface area contributed by atoms with Crippen LogP contribution in [0.25, 0.3) is 90.9 Å². The van der Waals surface area contributed by atoms with Crippen molar-refractivity contribution in [2.24, 2.45) is 0 Å². The van der Waals surface area contributed by atoms with Crippen molar-refractivity contribution in [2.45, 2.75) is 0 Å². The van der Waals surface area contributed by atoms with Gasteiger partial charge in [0.15, 0.2) is 0 Å². The maximum atomic E-state index is 5.35. The third-order valence-corrected chi connectivity index (χ3v) is 9.00. The van der Waals surface area contributed by atoms with Gasteiger partial charge in [-0.2, -0.15) is 0 Å². The fourth-order valence-corrected chi connectivity index (χ4v) is 6.84. The summed E-state index contributed by atoms with van der Waals surface area (Å²) in [5.41, 5.74) is 16.2. The first-order valence-corrected chi connectivity index (χ1v) is 16.2. The van der Waals surface area contributed by atoms with E-state index in [0.717, 1.165) is 89.4 Å². The van der Waals surface area contributed by atoms with Crippen LogP contribution in [0.2, 0.25) is 0 Å². The Hall–Kier alpha value is -5.88. The molecule has 3 aromatic heterocycles. The van der Waals surface area contributed by atoms with Gasteiger partial charge in [0.25, 0.3) is 0 Å². The number of fused-ring (bicyclic) bond motifs is 8. The molecule has 7 aromatic rings. The number of aromatic nitrogens is 4. The number of nitrogens with zero attached hydrogens (tertiary/aromatic N) is 2. The number of H-pyrrole nitrogens is 2. The second-order valence-corrected chi connectivity index (χ2v) is 12.0. The molecule has 0 fully saturated rings. The Labute approximate surface area is 297 Å². The van der Waals surface area contributed by atoms with Gasteiger partial charge >= 0.3 is 19.8 Å². The van der Waals surface area contributed by atoms with E-state index in [1.54, 1.807) is 0 Å². The first-order valence-electron chi connectivity index (χ1n) is 16.2. The molecule has 49 heavy (non-hydrogen) atoms. The van der Waals surface area contributed by atoms with Gasteiger partial charge in [-0.1, -0.05) is 121 Å². The van der Waals surface area contributed by atoms with Gasteiger partial charge in [-0.15, -0.1) is 0 Å². The van der Waals surface area contributed by atoms with Gasteiger partial charge in [0.1, 0.15) is 0 Å². The summed E-state index contributed by atoms with van der Waals surface area (Å²) in [5, 5.41) is 0. The number of aromatic amines is 2. The average Bonchev–Trinajstić information content (AvgIpc) is 3.98. The monoisotopic (exact) mass is 686 g/mol. The second-order valence-electron chi connectivity index (χ2n) is 12.0. The molecule has 2 N–H and O–H groups in total. The molecular weight excluding hydrogens is 654 g/mol. The minimum atomic E-state index is 0. The molecule has 5 heterocycles. The van der Waals surface area contributed by atoms with Gasteiger partial charge in [0, 0.05) is 44.3 Å². The van der Waals surface area contributed by atoms with Crippen LogP contribution >= 0.6 is 0 Å². The van der Waals surface area contributed by atoms with E-state index < -0.39 is 0 Å². The van der Waals surface area contributed by atoms with Gasteiger partial charge in [0.05, 0.1) is 22.8 Å². The molecule has 0 aliphatic carbocycles. The van der Waals surface area contributed by atoms with Gasteiger partial charge in [0.2, 0.25) is 0 Å².